The number of nitrogens with two attached hydrogens (primary N) is 1. The van der Waals surface area contributed by atoms with E-state index in [0.29, 0.717) is 11.3 Å². The molecule has 0 aliphatic heterocycles. The molecule has 0 radical (unpaired) electrons. The Labute approximate surface area is 122 Å². The Balaban J connectivity index is 2.31. The van der Waals surface area contributed by atoms with Crippen molar-refractivity contribution in [3.63, 3.8) is 0 Å². The number of carbonyl (C=O) groups is 1. The standard InChI is InChI=1S/C16H17FN2O2/c1-19(14-9-5-8-13(17)10-14)11-16(18,15(20)21)12-6-3-2-4-7-12/h2-10H,11,18H2,1H3,(H,20,21). The zero-order valence-corrected chi connectivity index (χ0v) is 11.7. The first-order valence-corrected chi connectivity index (χ1v) is 6.48. The van der Waals surface area contributed by atoms with Crippen molar-refractivity contribution in [2.75, 3.05) is 18.5 Å². The van der Waals surface area contributed by atoms with Crippen LogP contribution in [0.15, 0.2) is 54.6 Å². The minimum absolute atomic E-state index is 0.0236. The van der Waals surface area contributed by atoms with E-state index in [9.17, 15) is 14.3 Å². The van der Waals surface area contributed by atoms with E-state index < -0.39 is 11.5 Å². The van der Waals surface area contributed by atoms with Crippen LogP contribution in [0.1, 0.15) is 5.56 Å². The highest BCUT2D eigenvalue weighted by atomic mass is 19.1. The van der Waals surface area contributed by atoms with Crippen molar-refractivity contribution < 1.29 is 14.3 Å². The van der Waals surface area contributed by atoms with Crippen molar-refractivity contribution in [3.8, 4) is 0 Å². The van der Waals surface area contributed by atoms with E-state index in [-0.39, 0.29) is 12.4 Å². The van der Waals surface area contributed by atoms with E-state index in [4.69, 9.17) is 5.73 Å². The summed E-state index contributed by atoms with van der Waals surface area (Å²) in [5, 5.41) is 9.51. The fraction of sp³-hybridized carbons (Fsp3) is 0.188. The average molecular weight is 288 g/mol. The Morgan fingerprint density at radius 2 is 1.90 bits per heavy atom. The Bertz CT molecular complexity index is 633. The third-order valence-electron chi connectivity index (χ3n) is 3.41. The molecule has 5 heteroatoms. The third kappa shape index (κ3) is 3.20. The van der Waals surface area contributed by atoms with E-state index >= 15 is 0 Å². The number of rotatable bonds is 5. The van der Waals surface area contributed by atoms with Crippen LogP contribution in [0.2, 0.25) is 0 Å². The number of hydrogen-bond donors (Lipinski definition) is 2. The molecule has 0 aliphatic carbocycles. The fourth-order valence-electron chi connectivity index (χ4n) is 2.20. The molecule has 0 heterocycles. The number of benzene rings is 2. The van der Waals surface area contributed by atoms with Crippen molar-refractivity contribution in [2.24, 2.45) is 5.73 Å². The van der Waals surface area contributed by atoms with E-state index in [1.807, 2.05) is 0 Å². The first-order chi connectivity index (χ1) is 9.93. The molecule has 4 nitrogen and oxygen atoms in total. The highest BCUT2D eigenvalue weighted by molar-refractivity contribution is 5.81. The molecule has 0 spiro atoms. The molecule has 3 N–H and O–H groups in total. The average Bonchev–Trinajstić information content (AvgIpc) is 2.47. The van der Waals surface area contributed by atoms with E-state index in [1.54, 1.807) is 54.4 Å². The lowest BCUT2D eigenvalue weighted by molar-refractivity contribution is -0.143. The Hall–Kier alpha value is -2.40. The normalized spacial score (nSPS) is 13.5. The van der Waals surface area contributed by atoms with Gasteiger partial charge in [0.2, 0.25) is 0 Å². The largest absolute Gasteiger partial charge is 0.480 e. The first-order valence-electron chi connectivity index (χ1n) is 6.48. The lowest BCUT2D eigenvalue weighted by Gasteiger charge is -2.31. The molecule has 2 aromatic carbocycles. The predicted octanol–water partition coefficient (Wildman–Crippen LogP) is 2.20. The van der Waals surface area contributed by atoms with Gasteiger partial charge in [0.25, 0.3) is 0 Å². The summed E-state index contributed by atoms with van der Waals surface area (Å²) in [4.78, 5) is 13.3. The summed E-state index contributed by atoms with van der Waals surface area (Å²) in [7, 11) is 1.68. The molecule has 0 amide bonds. The minimum Gasteiger partial charge on any atom is -0.480 e. The first kappa shape index (κ1) is 15.0. The molecule has 0 saturated carbocycles. The van der Waals surface area contributed by atoms with Crippen molar-refractivity contribution in [1.29, 1.82) is 0 Å². The van der Waals surface area contributed by atoms with Gasteiger partial charge in [0.05, 0.1) is 6.54 Å². The van der Waals surface area contributed by atoms with Crippen molar-refractivity contribution >= 4 is 11.7 Å². The van der Waals surface area contributed by atoms with Crippen LogP contribution in [0, 0.1) is 5.82 Å². The van der Waals surface area contributed by atoms with Crippen LogP contribution < -0.4 is 10.6 Å². The molecule has 2 aromatic rings. The quantitative estimate of drug-likeness (QED) is 0.885. The van der Waals surface area contributed by atoms with E-state index in [1.165, 1.54) is 12.1 Å². The zero-order valence-electron chi connectivity index (χ0n) is 11.7. The van der Waals surface area contributed by atoms with E-state index in [0.717, 1.165) is 0 Å². The molecule has 1 atom stereocenters. The maximum absolute atomic E-state index is 13.3. The van der Waals surface area contributed by atoms with Gasteiger partial charge in [-0.05, 0) is 23.8 Å². The summed E-state index contributed by atoms with van der Waals surface area (Å²) >= 11 is 0. The number of carboxylic acid groups (broad SMARTS) is 1. The molecule has 110 valence electrons. The van der Waals surface area contributed by atoms with Gasteiger partial charge in [-0.25, -0.2) is 9.18 Å². The number of carboxylic acids is 1. The van der Waals surface area contributed by atoms with Crippen LogP contribution >= 0.6 is 0 Å². The van der Waals surface area contributed by atoms with Crippen LogP contribution in [-0.4, -0.2) is 24.7 Å². The lowest BCUT2D eigenvalue weighted by Crippen LogP contribution is -2.52. The van der Waals surface area contributed by atoms with Crippen LogP contribution in [0.25, 0.3) is 0 Å². The highest BCUT2D eigenvalue weighted by Gasteiger charge is 2.37. The Morgan fingerprint density at radius 3 is 2.48 bits per heavy atom. The SMILES string of the molecule is CN(CC(N)(C(=O)O)c1ccccc1)c1cccc(F)c1. The molecule has 2 rings (SSSR count). The predicted molar refractivity (Wildman–Crippen MR) is 79.6 cm³/mol. The highest BCUT2D eigenvalue weighted by Crippen LogP contribution is 2.23. The van der Waals surface area contributed by atoms with Crippen LogP contribution in [0.4, 0.5) is 10.1 Å². The molecular formula is C16H17FN2O2. The number of likely N-dealkylation sites (N-methyl/N-ethyl adjacent to an activating group) is 1. The van der Waals surface area contributed by atoms with Gasteiger partial charge in [-0.15, -0.1) is 0 Å². The molecule has 21 heavy (non-hydrogen) atoms. The number of halogens is 1. The summed E-state index contributed by atoms with van der Waals surface area (Å²) in [6.07, 6.45) is 0. The van der Waals surface area contributed by atoms with Gasteiger partial charge in [-0.3, -0.25) is 0 Å². The monoisotopic (exact) mass is 288 g/mol. The van der Waals surface area contributed by atoms with Gasteiger partial charge in [0, 0.05) is 12.7 Å². The zero-order chi connectivity index (χ0) is 15.5. The third-order valence-corrected chi connectivity index (χ3v) is 3.41. The maximum atomic E-state index is 13.3. The van der Waals surface area contributed by atoms with Crippen molar-refractivity contribution in [1.82, 2.24) is 0 Å². The summed E-state index contributed by atoms with van der Waals surface area (Å²) < 4.78 is 13.3. The summed E-state index contributed by atoms with van der Waals surface area (Å²) in [5.41, 5.74) is 5.61. The second-order valence-corrected chi connectivity index (χ2v) is 4.98. The molecular weight excluding hydrogens is 271 g/mol. The van der Waals surface area contributed by atoms with Gasteiger partial charge in [0.15, 0.2) is 5.54 Å². The van der Waals surface area contributed by atoms with Crippen molar-refractivity contribution in [2.45, 2.75) is 5.54 Å². The number of nitrogens with zero attached hydrogens (tertiary/aromatic N) is 1. The fourth-order valence-corrected chi connectivity index (χ4v) is 2.20. The molecule has 0 bridgehead atoms. The second-order valence-electron chi connectivity index (χ2n) is 4.98. The van der Waals surface area contributed by atoms with Gasteiger partial charge in [-0.2, -0.15) is 0 Å². The maximum Gasteiger partial charge on any atom is 0.330 e. The summed E-state index contributed by atoms with van der Waals surface area (Å²) in [5.74, 6) is -1.51. The molecule has 0 aromatic heterocycles. The van der Waals surface area contributed by atoms with Gasteiger partial charge in [-0.1, -0.05) is 36.4 Å². The van der Waals surface area contributed by atoms with E-state index in [2.05, 4.69) is 0 Å². The Kier molecular flexibility index (Phi) is 4.23. The minimum atomic E-state index is -1.57. The number of aliphatic carboxylic acids is 1. The Morgan fingerprint density at radius 1 is 1.24 bits per heavy atom. The topological polar surface area (TPSA) is 66.6 Å². The van der Waals surface area contributed by atoms with Crippen LogP contribution in [0.3, 0.4) is 0 Å². The molecule has 0 saturated heterocycles. The van der Waals surface area contributed by atoms with Gasteiger partial charge >= 0.3 is 5.97 Å². The smallest absolute Gasteiger partial charge is 0.330 e. The number of hydrogen-bond acceptors (Lipinski definition) is 3. The lowest BCUT2D eigenvalue weighted by atomic mass is 9.90. The number of anilines is 1. The molecule has 0 aliphatic rings. The van der Waals surface area contributed by atoms with Crippen LogP contribution in [-0.2, 0) is 10.3 Å². The van der Waals surface area contributed by atoms with Gasteiger partial charge < -0.3 is 15.7 Å². The molecule has 0 fully saturated rings. The molecule has 1 unspecified atom stereocenters. The second kappa shape index (κ2) is 5.93. The summed E-state index contributed by atoms with van der Waals surface area (Å²) in [6.45, 7) is 0.0236. The summed E-state index contributed by atoms with van der Waals surface area (Å²) in [6, 6.07) is 14.6. The van der Waals surface area contributed by atoms with Crippen molar-refractivity contribution in [3.05, 3.63) is 66.0 Å². The van der Waals surface area contributed by atoms with Gasteiger partial charge in [0.1, 0.15) is 5.82 Å². The van der Waals surface area contributed by atoms with Crippen LogP contribution in [0.5, 0.6) is 0 Å².